The molecule has 0 saturated heterocycles. The van der Waals surface area contributed by atoms with E-state index in [9.17, 15) is 0 Å². The Labute approximate surface area is 103 Å². The molecule has 1 heterocycles. The third-order valence-electron chi connectivity index (χ3n) is 2.51. The second-order valence-electron chi connectivity index (χ2n) is 4.09. The number of nitrogens with two attached hydrogens (primary N) is 1. The molecule has 1 atom stereocenters. The van der Waals surface area contributed by atoms with Crippen molar-refractivity contribution in [2.24, 2.45) is 5.73 Å². The van der Waals surface area contributed by atoms with Crippen molar-refractivity contribution < 1.29 is 4.74 Å². The lowest BCUT2D eigenvalue weighted by molar-refractivity contribution is 0.128. The zero-order valence-corrected chi connectivity index (χ0v) is 11.2. The minimum absolute atomic E-state index is 0.236. The summed E-state index contributed by atoms with van der Waals surface area (Å²) in [6.45, 7) is 5.96. The highest BCUT2D eigenvalue weighted by Gasteiger charge is 2.06. The molecule has 92 valence electrons. The van der Waals surface area contributed by atoms with Gasteiger partial charge >= 0.3 is 0 Å². The zero-order chi connectivity index (χ0) is 11.8. The van der Waals surface area contributed by atoms with Crippen molar-refractivity contribution in [3.63, 3.8) is 0 Å². The van der Waals surface area contributed by atoms with Gasteiger partial charge in [0.1, 0.15) is 0 Å². The van der Waals surface area contributed by atoms with Crippen molar-refractivity contribution in [1.29, 1.82) is 0 Å². The van der Waals surface area contributed by atoms with Gasteiger partial charge in [-0.05, 0) is 37.8 Å². The van der Waals surface area contributed by atoms with Crippen LogP contribution in [0.25, 0.3) is 0 Å². The summed E-state index contributed by atoms with van der Waals surface area (Å²) in [5.74, 6) is 0. The van der Waals surface area contributed by atoms with E-state index in [-0.39, 0.29) is 6.04 Å². The van der Waals surface area contributed by atoms with Crippen molar-refractivity contribution >= 4 is 11.3 Å². The molecule has 1 rings (SSSR count). The van der Waals surface area contributed by atoms with Gasteiger partial charge in [0.15, 0.2) is 0 Å². The van der Waals surface area contributed by atoms with Crippen LogP contribution in [-0.4, -0.2) is 19.3 Å². The summed E-state index contributed by atoms with van der Waals surface area (Å²) >= 11 is 1.88. The maximum Gasteiger partial charge on any atom is 0.0480 e. The molecular formula is C13H23NOS. The standard InChI is InChI=1S/C13H23NOS/c1-3-8-15-9-7-11(14)10-13-6-5-12(4-2)16-13/h5-6,11H,3-4,7-10,14H2,1-2H3. The van der Waals surface area contributed by atoms with Gasteiger partial charge in [-0.1, -0.05) is 13.8 Å². The summed E-state index contributed by atoms with van der Waals surface area (Å²) < 4.78 is 5.44. The number of thiophene rings is 1. The number of hydrogen-bond donors (Lipinski definition) is 1. The van der Waals surface area contributed by atoms with E-state index in [1.165, 1.54) is 9.75 Å². The van der Waals surface area contributed by atoms with Crippen LogP contribution < -0.4 is 5.73 Å². The van der Waals surface area contributed by atoms with Crippen molar-refractivity contribution in [1.82, 2.24) is 0 Å². The fourth-order valence-corrected chi connectivity index (χ4v) is 2.61. The van der Waals surface area contributed by atoms with Gasteiger partial charge in [0.05, 0.1) is 0 Å². The van der Waals surface area contributed by atoms with Crippen LogP contribution in [0.1, 0.15) is 36.4 Å². The Morgan fingerprint density at radius 1 is 1.25 bits per heavy atom. The Kier molecular flexibility index (Phi) is 6.69. The summed E-state index contributed by atoms with van der Waals surface area (Å²) in [4.78, 5) is 2.85. The quantitative estimate of drug-likeness (QED) is 0.710. The van der Waals surface area contributed by atoms with E-state index >= 15 is 0 Å². The van der Waals surface area contributed by atoms with Crippen LogP contribution in [0.5, 0.6) is 0 Å². The first-order chi connectivity index (χ1) is 7.76. The number of hydrogen-bond acceptors (Lipinski definition) is 3. The first-order valence-corrected chi connectivity index (χ1v) is 6.98. The molecule has 1 unspecified atom stereocenters. The van der Waals surface area contributed by atoms with Gasteiger partial charge in [0.2, 0.25) is 0 Å². The van der Waals surface area contributed by atoms with Gasteiger partial charge in [-0.15, -0.1) is 11.3 Å². The SMILES string of the molecule is CCCOCCC(N)Cc1ccc(CC)s1. The normalized spacial score (nSPS) is 12.9. The van der Waals surface area contributed by atoms with Crippen LogP contribution in [0.15, 0.2) is 12.1 Å². The van der Waals surface area contributed by atoms with E-state index in [1.54, 1.807) is 0 Å². The zero-order valence-electron chi connectivity index (χ0n) is 10.4. The predicted octanol–water partition coefficient (Wildman–Crippen LogP) is 3.00. The Morgan fingerprint density at radius 2 is 2.00 bits per heavy atom. The minimum Gasteiger partial charge on any atom is -0.381 e. The van der Waals surface area contributed by atoms with E-state index in [0.717, 1.165) is 38.9 Å². The molecule has 0 fully saturated rings. The van der Waals surface area contributed by atoms with E-state index in [2.05, 4.69) is 26.0 Å². The third kappa shape index (κ3) is 5.10. The predicted molar refractivity (Wildman–Crippen MR) is 71.1 cm³/mol. The molecular weight excluding hydrogens is 218 g/mol. The Bertz CT molecular complexity index is 285. The summed E-state index contributed by atoms with van der Waals surface area (Å²) in [6.07, 6.45) is 4.15. The smallest absolute Gasteiger partial charge is 0.0480 e. The summed E-state index contributed by atoms with van der Waals surface area (Å²) in [5.41, 5.74) is 6.07. The molecule has 0 aliphatic heterocycles. The van der Waals surface area contributed by atoms with Crippen LogP contribution in [0.2, 0.25) is 0 Å². The van der Waals surface area contributed by atoms with Crippen molar-refractivity contribution in [3.05, 3.63) is 21.9 Å². The van der Waals surface area contributed by atoms with E-state index in [4.69, 9.17) is 10.5 Å². The Balaban J connectivity index is 2.20. The van der Waals surface area contributed by atoms with Gasteiger partial charge < -0.3 is 10.5 Å². The van der Waals surface area contributed by atoms with Crippen LogP contribution in [0, 0.1) is 0 Å². The Hall–Kier alpha value is -0.380. The third-order valence-corrected chi connectivity index (χ3v) is 3.76. The fourth-order valence-electron chi connectivity index (χ4n) is 1.56. The molecule has 0 saturated carbocycles. The van der Waals surface area contributed by atoms with Crippen LogP contribution in [0.4, 0.5) is 0 Å². The molecule has 1 aromatic heterocycles. The Morgan fingerprint density at radius 3 is 2.62 bits per heavy atom. The molecule has 0 amide bonds. The summed E-state index contributed by atoms with van der Waals surface area (Å²) in [5, 5.41) is 0. The molecule has 0 spiro atoms. The van der Waals surface area contributed by atoms with Crippen LogP contribution in [-0.2, 0) is 17.6 Å². The second kappa shape index (κ2) is 7.82. The first-order valence-electron chi connectivity index (χ1n) is 6.17. The average Bonchev–Trinajstić information content (AvgIpc) is 2.72. The van der Waals surface area contributed by atoms with Crippen LogP contribution in [0.3, 0.4) is 0 Å². The maximum atomic E-state index is 6.07. The highest BCUT2D eigenvalue weighted by molar-refractivity contribution is 7.11. The van der Waals surface area contributed by atoms with Gasteiger partial charge in [-0.25, -0.2) is 0 Å². The molecule has 0 radical (unpaired) electrons. The second-order valence-corrected chi connectivity index (χ2v) is 5.34. The maximum absolute atomic E-state index is 6.07. The molecule has 1 aromatic rings. The van der Waals surface area contributed by atoms with Gasteiger partial charge in [-0.2, -0.15) is 0 Å². The molecule has 3 heteroatoms. The van der Waals surface area contributed by atoms with Crippen molar-refractivity contribution in [2.45, 2.75) is 45.6 Å². The fraction of sp³-hybridized carbons (Fsp3) is 0.692. The number of ether oxygens (including phenoxy) is 1. The van der Waals surface area contributed by atoms with E-state index in [0.29, 0.717) is 0 Å². The summed E-state index contributed by atoms with van der Waals surface area (Å²) in [7, 11) is 0. The summed E-state index contributed by atoms with van der Waals surface area (Å²) in [6, 6.07) is 4.65. The van der Waals surface area contributed by atoms with Gasteiger partial charge in [0.25, 0.3) is 0 Å². The monoisotopic (exact) mass is 241 g/mol. The molecule has 0 aliphatic rings. The lowest BCUT2D eigenvalue weighted by atomic mass is 10.1. The average molecular weight is 241 g/mol. The topological polar surface area (TPSA) is 35.2 Å². The highest BCUT2D eigenvalue weighted by Crippen LogP contribution is 2.18. The molecule has 0 bridgehead atoms. The lowest BCUT2D eigenvalue weighted by Crippen LogP contribution is -2.24. The van der Waals surface area contributed by atoms with E-state index < -0.39 is 0 Å². The largest absolute Gasteiger partial charge is 0.381 e. The van der Waals surface area contributed by atoms with Gasteiger partial charge in [-0.3, -0.25) is 0 Å². The molecule has 2 N–H and O–H groups in total. The lowest BCUT2D eigenvalue weighted by Gasteiger charge is -2.10. The van der Waals surface area contributed by atoms with Crippen molar-refractivity contribution in [3.8, 4) is 0 Å². The van der Waals surface area contributed by atoms with Gasteiger partial charge in [0, 0.05) is 29.0 Å². The molecule has 0 aliphatic carbocycles. The van der Waals surface area contributed by atoms with Crippen LogP contribution >= 0.6 is 11.3 Å². The van der Waals surface area contributed by atoms with E-state index in [1.807, 2.05) is 11.3 Å². The highest BCUT2D eigenvalue weighted by atomic mass is 32.1. The molecule has 2 nitrogen and oxygen atoms in total. The number of rotatable bonds is 8. The molecule has 16 heavy (non-hydrogen) atoms. The molecule has 0 aromatic carbocycles. The number of aryl methyl sites for hydroxylation is 1. The first kappa shape index (κ1) is 13.7. The van der Waals surface area contributed by atoms with Crippen molar-refractivity contribution in [2.75, 3.05) is 13.2 Å². The minimum atomic E-state index is 0.236.